The summed E-state index contributed by atoms with van der Waals surface area (Å²) in [7, 11) is -3.12. The van der Waals surface area contributed by atoms with Gasteiger partial charge in [0.2, 0.25) is 0 Å². The predicted molar refractivity (Wildman–Crippen MR) is 77.5 cm³/mol. The van der Waals surface area contributed by atoms with Crippen LogP contribution in [0, 0.1) is 5.82 Å². The third-order valence-electron chi connectivity index (χ3n) is 3.40. The Morgan fingerprint density at radius 2 is 2.29 bits per heavy atom. The Kier molecular flexibility index (Phi) is 4.46. The van der Waals surface area contributed by atoms with E-state index in [0.717, 1.165) is 0 Å². The molecule has 1 N–H and O–H groups in total. The summed E-state index contributed by atoms with van der Waals surface area (Å²) >= 11 is 0. The highest BCUT2D eigenvalue weighted by Gasteiger charge is 2.33. The van der Waals surface area contributed by atoms with Crippen LogP contribution in [0.25, 0.3) is 0 Å². The van der Waals surface area contributed by atoms with E-state index in [1.54, 1.807) is 13.8 Å². The summed E-state index contributed by atoms with van der Waals surface area (Å²) < 4.78 is 37.3. The van der Waals surface area contributed by atoms with Gasteiger partial charge in [-0.25, -0.2) is 17.8 Å². The van der Waals surface area contributed by atoms with Crippen molar-refractivity contribution in [3.63, 3.8) is 0 Å². The minimum Gasteiger partial charge on any atom is -0.368 e. The number of halogens is 1. The van der Waals surface area contributed by atoms with Gasteiger partial charge < -0.3 is 10.2 Å². The number of nitrogens with one attached hydrogen (secondary N) is 1. The molecule has 1 aromatic heterocycles. The van der Waals surface area contributed by atoms with Gasteiger partial charge in [-0.3, -0.25) is 4.79 Å². The van der Waals surface area contributed by atoms with Crippen molar-refractivity contribution in [2.75, 3.05) is 29.9 Å². The lowest BCUT2D eigenvalue weighted by Crippen LogP contribution is -2.49. The quantitative estimate of drug-likeness (QED) is 0.897. The van der Waals surface area contributed by atoms with Gasteiger partial charge in [0.15, 0.2) is 21.5 Å². The van der Waals surface area contributed by atoms with Crippen LogP contribution >= 0.6 is 0 Å². The van der Waals surface area contributed by atoms with E-state index in [0.29, 0.717) is 6.54 Å². The molecule has 6 nitrogen and oxygen atoms in total. The van der Waals surface area contributed by atoms with Crippen LogP contribution in [0.1, 0.15) is 24.2 Å². The molecule has 1 saturated heterocycles. The molecule has 1 aliphatic heterocycles. The van der Waals surface area contributed by atoms with Crippen LogP contribution in [0.2, 0.25) is 0 Å². The van der Waals surface area contributed by atoms with E-state index < -0.39 is 27.6 Å². The van der Waals surface area contributed by atoms with Crippen molar-refractivity contribution >= 4 is 21.6 Å². The first-order valence-corrected chi connectivity index (χ1v) is 8.57. The maximum atomic E-state index is 14.3. The molecule has 1 unspecified atom stereocenters. The molecule has 1 amide bonds. The van der Waals surface area contributed by atoms with Crippen LogP contribution in [-0.2, 0) is 9.84 Å². The summed E-state index contributed by atoms with van der Waals surface area (Å²) in [5.74, 6) is -1.36. The Bertz CT molecular complexity index is 648. The van der Waals surface area contributed by atoms with Crippen LogP contribution in [-0.4, -0.2) is 54.8 Å². The second-order valence-corrected chi connectivity index (χ2v) is 7.24. The summed E-state index contributed by atoms with van der Waals surface area (Å²) in [6, 6.07) is 0.848. The van der Waals surface area contributed by atoms with Gasteiger partial charge in [-0.05, 0) is 19.9 Å². The molecule has 2 rings (SSSR count). The fraction of sp³-hybridized carbons (Fsp3) is 0.538. The van der Waals surface area contributed by atoms with E-state index in [1.807, 2.05) is 0 Å². The zero-order valence-corrected chi connectivity index (χ0v) is 12.8. The molecule has 1 aliphatic rings. The van der Waals surface area contributed by atoms with Crippen LogP contribution in [0.4, 0.5) is 10.2 Å². The topological polar surface area (TPSA) is 79.4 Å². The molecule has 1 aromatic rings. The number of aromatic nitrogens is 1. The molecule has 116 valence electrons. The van der Waals surface area contributed by atoms with Gasteiger partial charge in [-0.2, -0.15) is 0 Å². The van der Waals surface area contributed by atoms with Crippen LogP contribution in [0.3, 0.4) is 0 Å². The fourth-order valence-corrected chi connectivity index (χ4v) is 3.91. The summed E-state index contributed by atoms with van der Waals surface area (Å²) in [5, 5.41) is 2.75. The van der Waals surface area contributed by atoms with Gasteiger partial charge in [0.25, 0.3) is 5.91 Å². The van der Waals surface area contributed by atoms with E-state index in [-0.39, 0.29) is 29.4 Å². The van der Waals surface area contributed by atoms with E-state index in [4.69, 9.17) is 0 Å². The summed E-state index contributed by atoms with van der Waals surface area (Å²) in [6.07, 6.45) is 1.36. The normalized spacial score (nSPS) is 21.1. The standard InChI is InChI=1S/C13H18FN3O3S/c1-3-15-12-11(14)10(4-5-16-12)13(18)17-6-7-21(19,20)8-9(17)2/h4-5,9H,3,6-8H2,1-2H3,(H,15,16). The van der Waals surface area contributed by atoms with Gasteiger partial charge in [0, 0.05) is 25.3 Å². The molecular weight excluding hydrogens is 297 g/mol. The van der Waals surface area contributed by atoms with Crippen LogP contribution in [0.15, 0.2) is 12.3 Å². The molecular formula is C13H18FN3O3S. The number of hydrogen-bond acceptors (Lipinski definition) is 5. The first-order valence-electron chi connectivity index (χ1n) is 6.75. The van der Waals surface area contributed by atoms with E-state index in [2.05, 4.69) is 10.3 Å². The number of hydrogen-bond donors (Lipinski definition) is 1. The first-order chi connectivity index (χ1) is 9.85. The van der Waals surface area contributed by atoms with Crippen LogP contribution < -0.4 is 5.32 Å². The summed E-state index contributed by atoms with van der Waals surface area (Å²) in [4.78, 5) is 17.7. The number of anilines is 1. The zero-order chi connectivity index (χ0) is 15.6. The van der Waals surface area contributed by atoms with Crippen molar-refractivity contribution in [1.29, 1.82) is 0 Å². The number of rotatable bonds is 3. The largest absolute Gasteiger partial charge is 0.368 e. The number of nitrogens with zero attached hydrogens (tertiary/aromatic N) is 2. The average molecular weight is 315 g/mol. The molecule has 0 bridgehead atoms. The maximum Gasteiger partial charge on any atom is 0.257 e. The van der Waals surface area contributed by atoms with E-state index in [1.165, 1.54) is 17.2 Å². The van der Waals surface area contributed by atoms with Crippen molar-refractivity contribution < 1.29 is 17.6 Å². The molecule has 8 heteroatoms. The van der Waals surface area contributed by atoms with Crippen molar-refractivity contribution in [1.82, 2.24) is 9.88 Å². The number of carbonyl (C=O) groups is 1. The summed E-state index contributed by atoms with van der Waals surface area (Å²) in [6.45, 7) is 4.02. The Balaban J connectivity index is 2.27. The highest BCUT2D eigenvalue weighted by atomic mass is 32.2. The molecule has 0 radical (unpaired) electrons. The molecule has 2 heterocycles. The molecule has 21 heavy (non-hydrogen) atoms. The Labute approximate surface area is 123 Å². The Hall–Kier alpha value is -1.70. The zero-order valence-electron chi connectivity index (χ0n) is 12.0. The minimum absolute atomic E-state index is 0.0284. The molecule has 1 atom stereocenters. The number of carbonyl (C=O) groups excluding carboxylic acids is 1. The molecule has 0 spiro atoms. The third kappa shape index (κ3) is 3.31. The SMILES string of the molecule is CCNc1nccc(C(=O)N2CCS(=O)(=O)CC2C)c1F. The van der Waals surface area contributed by atoms with Gasteiger partial charge in [-0.1, -0.05) is 0 Å². The first kappa shape index (κ1) is 15.7. The van der Waals surface area contributed by atoms with Crippen LogP contribution in [0.5, 0.6) is 0 Å². The smallest absolute Gasteiger partial charge is 0.257 e. The summed E-state index contributed by atoms with van der Waals surface area (Å²) in [5.41, 5.74) is -0.0907. The molecule has 0 saturated carbocycles. The lowest BCUT2D eigenvalue weighted by molar-refractivity contribution is 0.0708. The molecule has 0 aliphatic carbocycles. The van der Waals surface area contributed by atoms with Gasteiger partial charge in [0.1, 0.15) is 0 Å². The number of pyridine rings is 1. The Morgan fingerprint density at radius 1 is 1.57 bits per heavy atom. The third-order valence-corrected chi connectivity index (χ3v) is 5.19. The fourth-order valence-electron chi connectivity index (χ4n) is 2.35. The number of amides is 1. The van der Waals surface area contributed by atoms with Gasteiger partial charge in [0.05, 0.1) is 17.1 Å². The van der Waals surface area contributed by atoms with Gasteiger partial charge in [-0.15, -0.1) is 0 Å². The van der Waals surface area contributed by atoms with E-state index >= 15 is 0 Å². The monoisotopic (exact) mass is 315 g/mol. The van der Waals surface area contributed by atoms with Crippen molar-refractivity contribution in [3.8, 4) is 0 Å². The second-order valence-electron chi connectivity index (χ2n) is 5.01. The van der Waals surface area contributed by atoms with Crippen molar-refractivity contribution in [2.24, 2.45) is 0 Å². The molecule has 0 aromatic carbocycles. The average Bonchev–Trinajstić information content (AvgIpc) is 2.40. The highest BCUT2D eigenvalue weighted by Crippen LogP contribution is 2.20. The second kappa shape index (κ2) is 5.97. The predicted octanol–water partition coefficient (Wildman–Crippen LogP) is 0.912. The lowest BCUT2D eigenvalue weighted by atomic mass is 10.2. The van der Waals surface area contributed by atoms with Gasteiger partial charge >= 0.3 is 0 Å². The highest BCUT2D eigenvalue weighted by molar-refractivity contribution is 7.91. The number of sulfone groups is 1. The van der Waals surface area contributed by atoms with Crippen molar-refractivity contribution in [2.45, 2.75) is 19.9 Å². The lowest BCUT2D eigenvalue weighted by Gasteiger charge is -2.33. The Morgan fingerprint density at radius 3 is 2.90 bits per heavy atom. The minimum atomic E-state index is -3.12. The van der Waals surface area contributed by atoms with E-state index in [9.17, 15) is 17.6 Å². The maximum absolute atomic E-state index is 14.3. The van der Waals surface area contributed by atoms with Crippen molar-refractivity contribution in [3.05, 3.63) is 23.6 Å². The molecule has 1 fully saturated rings.